The van der Waals surface area contributed by atoms with E-state index in [1.807, 2.05) is 0 Å². The summed E-state index contributed by atoms with van der Waals surface area (Å²) in [6, 6.07) is 5.55. The molecule has 8 nitrogen and oxygen atoms in total. The molecule has 4 atom stereocenters. The average molecular weight is 270 g/mol. The summed E-state index contributed by atoms with van der Waals surface area (Å²) in [5, 5.41) is 41.5. The summed E-state index contributed by atoms with van der Waals surface area (Å²) in [5.74, 6) is 0. The van der Waals surface area contributed by atoms with Crippen LogP contribution in [0.1, 0.15) is 0 Å². The third kappa shape index (κ3) is 2.82. The second kappa shape index (κ2) is 5.49. The van der Waals surface area contributed by atoms with E-state index in [4.69, 9.17) is 9.84 Å². The highest BCUT2D eigenvalue weighted by atomic mass is 16.6. The van der Waals surface area contributed by atoms with Crippen LogP contribution in [0.5, 0.6) is 0 Å². The van der Waals surface area contributed by atoms with Crippen LogP contribution in [0.15, 0.2) is 24.3 Å². The quantitative estimate of drug-likeness (QED) is 0.427. The highest BCUT2D eigenvalue weighted by Gasteiger charge is 2.42. The van der Waals surface area contributed by atoms with Gasteiger partial charge in [0.25, 0.3) is 5.69 Å². The Bertz CT molecular complexity index is 451. The maximum absolute atomic E-state index is 10.5. The first-order valence-electron chi connectivity index (χ1n) is 5.66. The van der Waals surface area contributed by atoms with Gasteiger partial charge in [0.05, 0.1) is 11.5 Å². The number of anilines is 1. The predicted octanol–water partition coefficient (Wildman–Crippen LogP) is -0.554. The Morgan fingerprint density at radius 3 is 2.37 bits per heavy atom. The third-order valence-corrected chi connectivity index (χ3v) is 2.93. The van der Waals surface area contributed by atoms with Crippen molar-refractivity contribution in [1.82, 2.24) is 0 Å². The zero-order valence-corrected chi connectivity index (χ0v) is 9.84. The second-order valence-corrected chi connectivity index (χ2v) is 4.21. The van der Waals surface area contributed by atoms with Crippen LogP contribution in [0.4, 0.5) is 11.4 Å². The Morgan fingerprint density at radius 2 is 1.89 bits per heavy atom. The van der Waals surface area contributed by atoms with Crippen molar-refractivity contribution in [2.45, 2.75) is 24.5 Å². The number of nitro benzene ring substituents is 1. The van der Waals surface area contributed by atoms with E-state index in [1.54, 1.807) is 0 Å². The lowest BCUT2D eigenvalue weighted by atomic mass is 10.1. The van der Waals surface area contributed by atoms with Crippen LogP contribution >= 0.6 is 0 Å². The first-order chi connectivity index (χ1) is 9.02. The normalized spacial score (nSPS) is 30.3. The van der Waals surface area contributed by atoms with Crippen molar-refractivity contribution in [2.24, 2.45) is 0 Å². The molecule has 1 heterocycles. The van der Waals surface area contributed by atoms with E-state index in [9.17, 15) is 20.3 Å². The molecule has 0 radical (unpaired) electrons. The van der Waals surface area contributed by atoms with Crippen molar-refractivity contribution in [3.8, 4) is 0 Å². The van der Waals surface area contributed by atoms with Gasteiger partial charge in [-0.25, -0.2) is 0 Å². The molecule has 0 saturated carbocycles. The summed E-state index contributed by atoms with van der Waals surface area (Å²) in [5.41, 5.74) is 0.451. The number of nitrogens with one attached hydrogen (secondary N) is 1. The molecule has 0 aromatic heterocycles. The Labute approximate surface area is 108 Å². The number of hydrogen-bond donors (Lipinski definition) is 4. The molecule has 0 unspecified atom stereocenters. The van der Waals surface area contributed by atoms with Crippen LogP contribution in [-0.2, 0) is 4.74 Å². The van der Waals surface area contributed by atoms with Gasteiger partial charge in [-0.15, -0.1) is 0 Å². The van der Waals surface area contributed by atoms with Crippen LogP contribution in [0, 0.1) is 10.1 Å². The molecule has 2 rings (SSSR count). The summed E-state index contributed by atoms with van der Waals surface area (Å²) in [6.07, 6.45) is -4.10. The molecule has 4 N–H and O–H groups in total. The lowest BCUT2D eigenvalue weighted by Gasteiger charge is -2.17. The van der Waals surface area contributed by atoms with E-state index < -0.39 is 36.1 Å². The van der Waals surface area contributed by atoms with Crippen LogP contribution in [0.25, 0.3) is 0 Å². The second-order valence-electron chi connectivity index (χ2n) is 4.21. The first-order valence-corrected chi connectivity index (χ1v) is 5.66. The molecule has 1 aliphatic rings. The van der Waals surface area contributed by atoms with Crippen LogP contribution in [0.2, 0.25) is 0 Å². The van der Waals surface area contributed by atoms with Gasteiger partial charge in [0.2, 0.25) is 0 Å². The summed E-state index contributed by atoms with van der Waals surface area (Å²) >= 11 is 0. The molecule has 104 valence electrons. The fourth-order valence-electron chi connectivity index (χ4n) is 1.86. The number of hydrogen-bond acceptors (Lipinski definition) is 7. The Hall–Kier alpha value is -1.74. The number of aliphatic hydroxyl groups excluding tert-OH is 3. The van der Waals surface area contributed by atoms with Gasteiger partial charge in [0.1, 0.15) is 18.3 Å². The lowest BCUT2D eigenvalue weighted by Crippen LogP contribution is -2.36. The number of ether oxygens (including phenoxy) is 1. The van der Waals surface area contributed by atoms with E-state index in [1.165, 1.54) is 24.3 Å². The average Bonchev–Trinajstić information content (AvgIpc) is 2.67. The SMILES string of the molecule is O=[N+]([O-])c1ccc(N[C@H]2O[C@@H](CO)[C@@H](O)[C@@H]2O)cc1. The van der Waals surface area contributed by atoms with Gasteiger partial charge in [-0.3, -0.25) is 10.1 Å². The van der Waals surface area contributed by atoms with Gasteiger partial charge >= 0.3 is 0 Å². The van der Waals surface area contributed by atoms with Gasteiger partial charge < -0.3 is 25.4 Å². The summed E-state index contributed by atoms with van der Waals surface area (Å²) in [7, 11) is 0. The molecule has 8 heteroatoms. The molecule has 0 spiro atoms. The summed E-state index contributed by atoms with van der Waals surface area (Å²) in [6.45, 7) is -0.406. The topological polar surface area (TPSA) is 125 Å². The molecule has 1 aromatic rings. The van der Waals surface area contributed by atoms with E-state index in [-0.39, 0.29) is 5.69 Å². The fraction of sp³-hybridized carbons (Fsp3) is 0.455. The van der Waals surface area contributed by atoms with Crippen molar-refractivity contribution in [3.63, 3.8) is 0 Å². The van der Waals surface area contributed by atoms with Crippen molar-refractivity contribution in [3.05, 3.63) is 34.4 Å². The molecule has 0 aliphatic carbocycles. The van der Waals surface area contributed by atoms with Crippen molar-refractivity contribution < 1.29 is 25.0 Å². The van der Waals surface area contributed by atoms with E-state index in [0.717, 1.165) is 0 Å². The number of non-ortho nitro benzene ring substituents is 1. The minimum Gasteiger partial charge on any atom is -0.394 e. The number of nitrogens with zero attached hydrogens (tertiary/aromatic N) is 1. The Morgan fingerprint density at radius 1 is 1.26 bits per heavy atom. The van der Waals surface area contributed by atoms with Gasteiger partial charge in [-0.1, -0.05) is 0 Å². The standard InChI is InChI=1S/C11H14N2O6/c14-5-8-9(15)10(16)11(19-8)12-6-1-3-7(4-2-6)13(17)18/h1-4,8-12,14-16H,5H2/t8-,9+,10-,11-/m0/s1. The van der Waals surface area contributed by atoms with Crippen molar-refractivity contribution in [2.75, 3.05) is 11.9 Å². The number of rotatable bonds is 4. The van der Waals surface area contributed by atoms with Gasteiger partial charge in [0.15, 0.2) is 6.23 Å². The third-order valence-electron chi connectivity index (χ3n) is 2.93. The highest BCUT2D eigenvalue weighted by Crippen LogP contribution is 2.24. The van der Waals surface area contributed by atoms with Gasteiger partial charge in [-0.05, 0) is 12.1 Å². The van der Waals surface area contributed by atoms with Crippen LogP contribution in [0.3, 0.4) is 0 Å². The van der Waals surface area contributed by atoms with Crippen molar-refractivity contribution >= 4 is 11.4 Å². The number of aliphatic hydroxyl groups is 3. The van der Waals surface area contributed by atoms with Crippen LogP contribution < -0.4 is 5.32 Å². The Kier molecular flexibility index (Phi) is 3.96. The maximum atomic E-state index is 10.5. The summed E-state index contributed by atoms with van der Waals surface area (Å²) in [4.78, 5) is 9.98. The molecule has 0 bridgehead atoms. The molecule has 1 aromatic carbocycles. The maximum Gasteiger partial charge on any atom is 0.269 e. The molecule has 1 saturated heterocycles. The largest absolute Gasteiger partial charge is 0.394 e. The smallest absolute Gasteiger partial charge is 0.269 e. The molecule has 1 fully saturated rings. The zero-order chi connectivity index (χ0) is 14.0. The molecular weight excluding hydrogens is 256 g/mol. The number of benzene rings is 1. The van der Waals surface area contributed by atoms with E-state index >= 15 is 0 Å². The van der Waals surface area contributed by atoms with Gasteiger partial charge in [-0.2, -0.15) is 0 Å². The molecule has 1 aliphatic heterocycles. The fourth-order valence-corrected chi connectivity index (χ4v) is 1.86. The molecule has 19 heavy (non-hydrogen) atoms. The van der Waals surface area contributed by atoms with E-state index in [2.05, 4.69) is 5.32 Å². The highest BCUT2D eigenvalue weighted by molar-refractivity contribution is 5.49. The minimum absolute atomic E-state index is 0.0493. The molecule has 0 amide bonds. The van der Waals surface area contributed by atoms with Crippen molar-refractivity contribution in [1.29, 1.82) is 0 Å². The monoisotopic (exact) mass is 270 g/mol. The van der Waals surface area contributed by atoms with Gasteiger partial charge in [0, 0.05) is 17.8 Å². The van der Waals surface area contributed by atoms with E-state index in [0.29, 0.717) is 5.69 Å². The van der Waals surface area contributed by atoms with Crippen LogP contribution in [-0.4, -0.2) is 51.4 Å². The Balaban J connectivity index is 2.03. The predicted molar refractivity (Wildman–Crippen MR) is 64.5 cm³/mol. The molecular formula is C11H14N2O6. The summed E-state index contributed by atoms with van der Waals surface area (Å²) < 4.78 is 5.22. The first kappa shape index (κ1) is 13.7. The minimum atomic E-state index is -1.19. The number of nitro groups is 1. The zero-order valence-electron chi connectivity index (χ0n) is 9.84. The lowest BCUT2D eigenvalue weighted by molar-refractivity contribution is -0.384.